The lowest BCUT2D eigenvalue weighted by molar-refractivity contribution is -0.140. The van der Waals surface area contributed by atoms with Crippen molar-refractivity contribution in [1.29, 1.82) is 0 Å². The number of ether oxygens (including phenoxy) is 1. The molecule has 1 fully saturated rings. The minimum Gasteiger partial charge on any atom is -0.496 e. The molecule has 0 bridgehead atoms. The van der Waals surface area contributed by atoms with Gasteiger partial charge >= 0.3 is 6.18 Å². The standard InChI is InChI=1S/C24H25F3N2O3/c1-31-22-11-3-2-10-20(22)21-13-19(32-28-21)15-29(23(30)17-7-5-8-17)14-16-6-4-9-18(12-16)24(25,26)27/h2-4,6,9-12,17,19H,5,7-8,13-15H2,1H3. The molecule has 4 rings (SSSR count). The van der Waals surface area contributed by atoms with E-state index in [1.165, 1.54) is 6.07 Å². The molecule has 2 aromatic rings. The Morgan fingerprint density at radius 2 is 1.97 bits per heavy atom. The van der Waals surface area contributed by atoms with Crippen LogP contribution in [0.4, 0.5) is 13.2 Å². The third-order valence-corrected chi connectivity index (χ3v) is 5.97. The molecule has 5 nitrogen and oxygen atoms in total. The lowest BCUT2D eigenvalue weighted by Gasteiger charge is -2.32. The van der Waals surface area contributed by atoms with Gasteiger partial charge in [0, 0.05) is 24.4 Å². The molecule has 0 N–H and O–H groups in total. The molecule has 0 saturated heterocycles. The Hall–Kier alpha value is -3.03. The molecule has 1 atom stereocenters. The van der Waals surface area contributed by atoms with Gasteiger partial charge in [0.05, 0.1) is 24.9 Å². The van der Waals surface area contributed by atoms with Gasteiger partial charge in [-0.25, -0.2) is 0 Å². The van der Waals surface area contributed by atoms with Gasteiger partial charge < -0.3 is 14.5 Å². The second-order valence-corrected chi connectivity index (χ2v) is 8.21. The van der Waals surface area contributed by atoms with Crippen LogP contribution in [-0.2, 0) is 22.4 Å². The van der Waals surface area contributed by atoms with Gasteiger partial charge in [0.2, 0.25) is 5.91 Å². The molecule has 2 aliphatic rings. The van der Waals surface area contributed by atoms with E-state index in [0.29, 0.717) is 17.7 Å². The number of carbonyl (C=O) groups is 1. The molecule has 32 heavy (non-hydrogen) atoms. The van der Waals surface area contributed by atoms with E-state index >= 15 is 0 Å². The molecular weight excluding hydrogens is 421 g/mol. The summed E-state index contributed by atoms with van der Waals surface area (Å²) in [5.41, 5.74) is 1.27. The molecule has 8 heteroatoms. The SMILES string of the molecule is COc1ccccc1C1=NOC(CN(Cc2cccc(C(F)(F)F)c2)C(=O)C2CCC2)C1. The van der Waals surface area contributed by atoms with Gasteiger partial charge in [-0.15, -0.1) is 0 Å². The highest BCUT2D eigenvalue weighted by molar-refractivity contribution is 6.03. The Morgan fingerprint density at radius 1 is 1.19 bits per heavy atom. The number of benzene rings is 2. The molecule has 0 spiro atoms. The Bertz CT molecular complexity index is 1000. The molecule has 2 aromatic carbocycles. The third kappa shape index (κ3) is 4.89. The molecule has 1 amide bonds. The number of para-hydroxylation sites is 1. The zero-order valence-corrected chi connectivity index (χ0v) is 17.8. The molecule has 1 saturated carbocycles. The number of rotatable bonds is 7. The number of halogens is 3. The Balaban J connectivity index is 1.48. The maximum absolute atomic E-state index is 13.1. The molecule has 0 radical (unpaired) electrons. The molecule has 1 aliphatic heterocycles. The van der Waals surface area contributed by atoms with Crippen LogP contribution in [0.15, 0.2) is 53.7 Å². The minimum atomic E-state index is -4.43. The van der Waals surface area contributed by atoms with Crippen molar-refractivity contribution >= 4 is 11.6 Å². The van der Waals surface area contributed by atoms with E-state index in [-0.39, 0.29) is 31.0 Å². The van der Waals surface area contributed by atoms with Crippen LogP contribution < -0.4 is 4.74 Å². The van der Waals surface area contributed by atoms with Crippen LogP contribution in [0.1, 0.15) is 42.4 Å². The largest absolute Gasteiger partial charge is 0.496 e. The topological polar surface area (TPSA) is 51.1 Å². The monoisotopic (exact) mass is 446 g/mol. The van der Waals surface area contributed by atoms with Crippen molar-refractivity contribution in [1.82, 2.24) is 4.90 Å². The van der Waals surface area contributed by atoms with Gasteiger partial charge in [0.15, 0.2) is 6.10 Å². The van der Waals surface area contributed by atoms with Gasteiger partial charge in [0.25, 0.3) is 0 Å². The van der Waals surface area contributed by atoms with Gasteiger partial charge in [0.1, 0.15) is 5.75 Å². The van der Waals surface area contributed by atoms with E-state index < -0.39 is 11.7 Å². The number of amides is 1. The number of carbonyl (C=O) groups excluding carboxylic acids is 1. The summed E-state index contributed by atoms with van der Waals surface area (Å²) in [6.07, 6.45) is -1.69. The number of alkyl halides is 3. The predicted octanol–water partition coefficient (Wildman–Crippen LogP) is 5.04. The summed E-state index contributed by atoms with van der Waals surface area (Å²) in [6.45, 7) is 0.358. The van der Waals surface area contributed by atoms with Crippen molar-refractivity contribution in [2.45, 2.75) is 44.5 Å². The van der Waals surface area contributed by atoms with Gasteiger partial charge in [-0.3, -0.25) is 4.79 Å². The molecule has 1 heterocycles. The fourth-order valence-electron chi connectivity index (χ4n) is 4.03. The van der Waals surface area contributed by atoms with Crippen LogP contribution in [0.25, 0.3) is 0 Å². The second kappa shape index (κ2) is 9.22. The maximum atomic E-state index is 13.1. The van der Waals surface area contributed by atoms with Gasteiger partial charge in [-0.2, -0.15) is 13.2 Å². The first kappa shape index (κ1) is 22.2. The smallest absolute Gasteiger partial charge is 0.416 e. The van der Waals surface area contributed by atoms with E-state index in [2.05, 4.69) is 5.16 Å². The number of nitrogens with zero attached hydrogens (tertiary/aromatic N) is 2. The van der Waals surface area contributed by atoms with Crippen LogP contribution in [0.3, 0.4) is 0 Å². The minimum absolute atomic E-state index is 0.0389. The highest BCUT2D eigenvalue weighted by Crippen LogP contribution is 2.32. The van der Waals surface area contributed by atoms with Crippen molar-refractivity contribution in [2.24, 2.45) is 11.1 Å². The van der Waals surface area contributed by atoms with E-state index in [1.807, 2.05) is 24.3 Å². The van der Waals surface area contributed by atoms with E-state index in [4.69, 9.17) is 9.57 Å². The van der Waals surface area contributed by atoms with Crippen molar-refractivity contribution in [3.63, 3.8) is 0 Å². The van der Waals surface area contributed by atoms with Crippen LogP contribution in [-0.4, -0.2) is 36.3 Å². The van der Waals surface area contributed by atoms with Crippen LogP contribution in [0, 0.1) is 5.92 Å². The molecule has 0 aromatic heterocycles. The van der Waals surface area contributed by atoms with Gasteiger partial charge in [-0.05, 0) is 42.7 Å². The van der Waals surface area contributed by atoms with Crippen LogP contribution in [0.5, 0.6) is 5.75 Å². The Labute approximate surface area is 184 Å². The first-order valence-corrected chi connectivity index (χ1v) is 10.7. The molecule has 1 unspecified atom stereocenters. The summed E-state index contributed by atoms with van der Waals surface area (Å²) in [7, 11) is 1.58. The summed E-state index contributed by atoms with van der Waals surface area (Å²) in [6, 6.07) is 12.6. The van der Waals surface area contributed by atoms with E-state index in [1.54, 1.807) is 18.1 Å². The first-order chi connectivity index (χ1) is 15.3. The Kier molecular flexibility index (Phi) is 6.39. The predicted molar refractivity (Wildman–Crippen MR) is 113 cm³/mol. The highest BCUT2D eigenvalue weighted by atomic mass is 19.4. The van der Waals surface area contributed by atoms with E-state index in [9.17, 15) is 18.0 Å². The summed E-state index contributed by atoms with van der Waals surface area (Å²) >= 11 is 0. The molecule has 170 valence electrons. The fourth-order valence-corrected chi connectivity index (χ4v) is 4.03. The quantitative estimate of drug-likeness (QED) is 0.599. The van der Waals surface area contributed by atoms with Crippen LogP contribution in [0.2, 0.25) is 0 Å². The van der Waals surface area contributed by atoms with Gasteiger partial charge in [-0.1, -0.05) is 35.8 Å². The highest BCUT2D eigenvalue weighted by Gasteiger charge is 2.34. The lowest BCUT2D eigenvalue weighted by Crippen LogP contribution is -2.42. The zero-order valence-electron chi connectivity index (χ0n) is 17.8. The van der Waals surface area contributed by atoms with Crippen molar-refractivity contribution in [2.75, 3.05) is 13.7 Å². The normalized spacial score (nSPS) is 18.5. The number of oxime groups is 1. The fraction of sp³-hybridized carbons (Fsp3) is 0.417. The summed E-state index contributed by atoms with van der Waals surface area (Å²) < 4.78 is 44.8. The maximum Gasteiger partial charge on any atom is 0.416 e. The van der Waals surface area contributed by atoms with Crippen molar-refractivity contribution in [3.8, 4) is 5.75 Å². The van der Waals surface area contributed by atoms with Crippen molar-refractivity contribution in [3.05, 3.63) is 65.2 Å². The Morgan fingerprint density at radius 3 is 2.66 bits per heavy atom. The second-order valence-electron chi connectivity index (χ2n) is 8.21. The average molecular weight is 446 g/mol. The summed E-state index contributed by atoms with van der Waals surface area (Å²) in [5, 5.41) is 4.19. The van der Waals surface area contributed by atoms with Crippen molar-refractivity contribution < 1.29 is 27.5 Å². The summed E-state index contributed by atoms with van der Waals surface area (Å²) in [5.74, 6) is 0.571. The molecule has 1 aliphatic carbocycles. The zero-order chi connectivity index (χ0) is 22.7. The lowest BCUT2D eigenvalue weighted by atomic mass is 9.84. The summed E-state index contributed by atoms with van der Waals surface area (Å²) in [4.78, 5) is 20.3. The number of hydrogen-bond acceptors (Lipinski definition) is 4. The first-order valence-electron chi connectivity index (χ1n) is 10.7. The molecular formula is C24H25F3N2O3. The van der Waals surface area contributed by atoms with Crippen LogP contribution >= 0.6 is 0 Å². The third-order valence-electron chi connectivity index (χ3n) is 5.97. The number of methoxy groups -OCH3 is 1. The average Bonchev–Trinajstić information content (AvgIpc) is 3.20. The van der Waals surface area contributed by atoms with E-state index in [0.717, 1.165) is 42.7 Å². The number of hydrogen-bond donors (Lipinski definition) is 0.